The van der Waals surface area contributed by atoms with Crippen LogP contribution in [0, 0.1) is 0 Å². The predicted molar refractivity (Wildman–Crippen MR) is 62.7 cm³/mol. The molecular weight excluding hydrogens is 301 g/mol. The van der Waals surface area contributed by atoms with Crippen LogP contribution in [-0.4, -0.2) is 38.5 Å². The van der Waals surface area contributed by atoms with Crippen LogP contribution >= 0.6 is 0 Å². The van der Waals surface area contributed by atoms with E-state index in [9.17, 15) is 26.4 Å². The number of alkyl halides is 3. The molecule has 0 aliphatic rings. The standard InChI is InChI=1S/C11H11F3O5S/c1-19-8-3-2-7(10(15)16)6-9(8)20(17,18)5-4-11(12,13)14/h2-3,6H,4-5H2,1H3,(H,15,16). The molecule has 1 N–H and O–H groups in total. The average molecular weight is 312 g/mol. The Labute approximate surface area is 112 Å². The molecule has 5 nitrogen and oxygen atoms in total. The third-order valence-electron chi connectivity index (χ3n) is 2.40. The number of rotatable bonds is 5. The highest BCUT2D eigenvalue weighted by atomic mass is 32.2. The number of carboxylic acid groups (broad SMARTS) is 1. The maximum Gasteiger partial charge on any atom is 0.390 e. The number of hydrogen-bond acceptors (Lipinski definition) is 4. The zero-order chi connectivity index (χ0) is 15.6. The first-order valence-electron chi connectivity index (χ1n) is 5.27. The van der Waals surface area contributed by atoms with Crippen LogP contribution in [0.3, 0.4) is 0 Å². The minimum Gasteiger partial charge on any atom is -0.495 e. The van der Waals surface area contributed by atoms with Crippen molar-refractivity contribution in [1.82, 2.24) is 0 Å². The molecule has 0 saturated heterocycles. The zero-order valence-electron chi connectivity index (χ0n) is 10.3. The molecule has 0 amide bonds. The number of carboxylic acids is 1. The minimum absolute atomic E-state index is 0.197. The van der Waals surface area contributed by atoms with Gasteiger partial charge in [-0.15, -0.1) is 0 Å². The van der Waals surface area contributed by atoms with E-state index < -0.39 is 39.1 Å². The summed E-state index contributed by atoms with van der Waals surface area (Å²) in [5.41, 5.74) is -0.351. The van der Waals surface area contributed by atoms with Gasteiger partial charge in [0.15, 0.2) is 9.84 Å². The number of ether oxygens (including phenoxy) is 1. The second-order valence-corrected chi connectivity index (χ2v) is 5.93. The summed E-state index contributed by atoms with van der Waals surface area (Å²) < 4.78 is 64.8. The van der Waals surface area contributed by atoms with E-state index in [2.05, 4.69) is 0 Å². The molecule has 0 fully saturated rings. The number of sulfone groups is 1. The molecule has 1 rings (SSSR count). The molecule has 20 heavy (non-hydrogen) atoms. The van der Waals surface area contributed by atoms with Crippen LogP contribution in [0.25, 0.3) is 0 Å². The summed E-state index contributed by atoms with van der Waals surface area (Å²) in [5, 5.41) is 8.78. The van der Waals surface area contributed by atoms with E-state index in [1.165, 1.54) is 0 Å². The molecule has 0 spiro atoms. The van der Waals surface area contributed by atoms with Crippen molar-refractivity contribution < 1.29 is 36.2 Å². The Morgan fingerprint density at radius 1 is 1.35 bits per heavy atom. The lowest BCUT2D eigenvalue weighted by Crippen LogP contribution is -2.17. The number of benzene rings is 1. The van der Waals surface area contributed by atoms with Crippen molar-refractivity contribution in [2.75, 3.05) is 12.9 Å². The largest absolute Gasteiger partial charge is 0.495 e. The summed E-state index contributed by atoms with van der Waals surface area (Å²) in [6.45, 7) is 0. The molecule has 0 saturated carbocycles. The van der Waals surface area contributed by atoms with Gasteiger partial charge in [0.1, 0.15) is 10.6 Å². The van der Waals surface area contributed by atoms with Gasteiger partial charge >= 0.3 is 12.1 Å². The maximum atomic E-state index is 12.1. The normalized spacial score (nSPS) is 12.2. The fourth-order valence-electron chi connectivity index (χ4n) is 1.41. The number of aromatic carboxylic acids is 1. The molecule has 1 aromatic rings. The Morgan fingerprint density at radius 2 is 1.95 bits per heavy atom. The van der Waals surface area contributed by atoms with E-state index in [4.69, 9.17) is 9.84 Å². The number of carbonyl (C=O) groups is 1. The fraction of sp³-hybridized carbons (Fsp3) is 0.364. The highest BCUT2D eigenvalue weighted by molar-refractivity contribution is 7.91. The molecule has 0 bridgehead atoms. The van der Waals surface area contributed by atoms with Crippen molar-refractivity contribution in [2.24, 2.45) is 0 Å². The molecule has 0 aliphatic carbocycles. The first-order chi connectivity index (χ1) is 9.07. The van der Waals surface area contributed by atoms with Crippen molar-refractivity contribution in [3.8, 4) is 5.75 Å². The van der Waals surface area contributed by atoms with Gasteiger partial charge in [0, 0.05) is 0 Å². The lowest BCUT2D eigenvalue weighted by Gasteiger charge is -2.11. The Balaban J connectivity index is 3.21. The molecule has 1 aromatic carbocycles. The topological polar surface area (TPSA) is 80.7 Å². The van der Waals surface area contributed by atoms with Gasteiger partial charge in [-0.25, -0.2) is 13.2 Å². The molecule has 0 unspecified atom stereocenters. The lowest BCUT2D eigenvalue weighted by atomic mass is 10.2. The Bertz CT molecular complexity index is 607. The highest BCUT2D eigenvalue weighted by Gasteiger charge is 2.32. The fourth-order valence-corrected chi connectivity index (χ4v) is 2.90. The van der Waals surface area contributed by atoms with Crippen molar-refractivity contribution in [1.29, 1.82) is 0 Å². The van der Waals surface area contributed by atoms with Crippen LogP contribution in [0.2, 0.25) is 0 Å². The van der Waals surface area contributed by atoms with Crippen molar-refractivity contribution in [2.45, 2.75) is 17.5 Å². The molecule has 0 radical (unpaired) electrons. The monoisotopic (exact) mass is 312 g/mol. The summed E-state index contributed by atoms with van der Waals surface area (Å²) in [4.78, 5) is 10.2. The van der Waals surface area contributed by atoms with Crippen molar-refractivity contribution in [3.63, 3.8) is 0 Å². The van der Waals surface area contributed by atoms with Gasteiger partial charge in [-0.05, 0) is 18.2 Å². The van der Waals surface area contributed by atoms with E-state index in [0.29, 0.717) is 0 Å². The van der Waals surface area contributed by atoms with Gasteiger partial charge in [0.05, 0.1) is 24.8 Å². The van der Waals surface area contributed by atoms with Crippen LogP contribution in [-0.2, 0) is 9.84 Å². The second-order valence-electron chi connectivity index (χ2n) is 3.85. The minimum atomic E-state index is -4.62. The number of hydrogen-bond donors (Lipinski definition) is 1. The maximum absolute atomic E-state index is 12.1. The van der Waals surface area contributed by atoms with Crippen molar-refractivity contribution >= 4 is 15.8 Å². The van der Waals surface area contributed by atoms with Crippen LogP contribution in [0.1, 0.15) is 16.8 Å². The summed E-state index contributed by atoms with van der Waals surface area (Å²) in [6, 6.07) is 2.97. The second kappa shape index (κ2) is 5.70. The summed E-state index contributed by atoms with van der Waals surface area (Å²) >= 11 is 0. The highest BCUT2D eigenvalue weighted by Crippen LogP contribution is 2.29. The molecule has 0 heterocycles. The van der Waals surface area contributed by atoms with Crippen LogP contribution in [0.5, 0.6) is 5.75 Å². The van der Waals surface area contributed by atoms with Crippen LogP contribution < -0.4 is 4.74 Å². The number of methoxy groups -OCH3 is 1. The van der Waals surface area contributed by atoms with E-state index in [0.717, 1.165) is 25.3 Å². The molecule has 9 heteroatoms. The molecular formula is C11H11F3O5S. The van der Waals surface area contributed by atoms with E-state index >= 15 is 0 Å². The molecule has 0 aliphatic heterocycles. The summed E-state index contributed by atoms with van der Waals surface area (Å²) in [5.74, 6) is -2.76. The van der Waals surface area contributed by atoms with E-state index in [-0.39, 0.29) is 11.3 Å². The Hall–Kier alpha value is -1.77. The van der Waals surface area contributed by atoms with Gasteiger partial charge in [0.2, 0.25) is 0 Å². The van der Waals surface area contributed by atoms with E-state index in [1.54, 1.807) is 0 Å². The van der Waals surface area contributed by atoms with Gasteiger partial charge in [-0.1, -0.05) is 0 Å². The molecule has 0 atom stereocenters. The molecule has 0 aromatic heterocycles. The number of halogens is 3. The van der Waals surface area contributed by atoms with Gasteiger partial charge in [0.25, 0.3) is 0 Å². The third-order valence-corrected chi connectivity index (χ3v) is 4.13. The van der Waals surface area contributed by atoms with Crippen molar-refractivity contribution in [3.05, 3.63) is 23.8 Å². The molecule has 112 valence electrons. The average Bonchev–Trinajstić information content (AvgIpc) is 2.35. The SMILES string of the molecule is COc1ccc(C(=O)O)cc1S(=O)(=O)CCC(F)(F)F. The third kappa shape index (κ3) is 4.12. The van der Waals surface area contributed by atoms with Crippen LogP contribution in [0.15, 0.2) is 23.1 Å². The zero-order valence-corrected chi connectivity index (χ0v) is 11.1. The summed E-state index contributed by atoms with van der Waals surface area (Å²) in [6.07, 6.45) is -6.14. The van der Waals surface area contributed by atoms with Gasteiger partial charge in [-0.2, -0.15) is 13.2 Å². The quantitative estimate of drug-likeness (QED) is 0.900. The predicted octanol–water partition coefficient (Wildman–Crippen LogP) is 2.12. The Kier molecular flexibility index (Phi) is 4.64. The van der Waals surface area contributed by atoms with Crippen LogP contribution in [0.4, 0.5) is 13.2 Å². The van der Waals surface area contributed by atoms with Gasteiger partial charge in [-0.3, -0.25) is 0 Å². The smallest absolute Gasteiger partial charge is 0.390 e. The summed E-state index contributed by atoms with van der Waals surface area (Å²) in [7, 11) is -3.16. The van der Waals surface area contributed by atoms with Gasteiger partial charge < -0.3 is 9.84 Å². The first kappa shape index (κ1) is 16.3. The Morgan fingerprint density at radius 3 is 2.40 bits per heavy atom. The first-order valence-corrected chi connectivity index (χ1v) is 6.93. The lowest BCUT2D eigenvalue weighted by molar-refractivity contribution is -0.129. The van der Waals surface area contributed by atoms with E-state index in [1.807, 2.05) is 0 Å².